The van der Waals surface area contributed by atoms with Crippen LogP contribution in [0, 0.1) is 6.92 Å². The first-order chi connectivity index (χ1) is 12.2. The van der Waals surface area contributed by atoms with E-state index in [1.165, 1.54) is 0 Å². The molecule has 0 heterocycles. The summed E-state index contributed by atoms with van der Waals surface area (Å²) in [6.45, 7) is 6.42. The van der Waals surface area contributed by atoms with Crippen LogP contribution in [0.3, 0.4) is 0 Å². The molecule has 0 spiro atoms. The Kier molecular flexibility index (Phi) is 6.34. The second-order valence-corrected chi connectivity index (χ2v) is 7.84. The van der Waals surface area contributed by atoms with Gasteiger partial charge in [-0.3, -0.25) is 4.79 Å². The molecule has 5 heteroatoms. The number of amides is 1. The minimum atomic E-state index is -0.611. The normalized spacial score (nSPS) is 11.2. The van der Waals surface area contributed by atoms with Gasteiger partial charge >= 0.3 is 0 Å². The maximum absolute atomic E-state index is 13.1. The van der Waals surface area contributed by atoms with Gasteiger partial charge in [0, 0.05) is 18.1 Å². The standard InChI is InChI=1S/C21H26BrNO3/c1-14-11-18(25-5)19(26-6)12-15(14)13-23(4)20(24)21(2,3)16-7-9-17(22)10-8-16/h7-12H,13H2,1-6H3. The van der Waals surface area contributed by atoms with Crippen molar-refractivity contribution in [1.82, 2.24) is 4.90 Å². The summed E-state index contributed by atoms with van der Waals surface area (Å²) in [5.74, 6) is 1.42. The molecule has 0 saturated heterocycles. The monoisotopic (exact) mass is 419 g/mol. The molecule has 0 saturated carbocycles. The molecule has 0 unspecified atom stereocenters. The number of rotatable bonds is 6. The van der Waals surface area contributed by atoms with Crippen LogP contribution in [-0.2, 0) is 16.8 Å². The Balaban J connectivity index is 2.25. The summed E-state index contributed by atoms with van der Waals surface area (Å²) in [4.78, 5) is 14.9. The molecule has 0 N–H and O–H groups in total. The van der Waals surface area contributed by atoms with E-state index in [0.29, 0.717) is 18.0 Å². The van der Waals surface area contributed by atoms with Gasteiger partial charge in [0.1, 0.15) is 0 Å². The minimum absolute atomic E-state index is 0.0639. The molecule has 0 aromatic heterocycles. The van der Waals surface area contributed by atoms with Crippen molar-refractivity contribution in [3.05, 3.63) is 57.6 Å². The molecule has 2 rings (SSSR count). The Labute approximate surface area is 164 Å². The van der Waals surface area contributed by atoms with Gasteiger partial charge in [0.15, 0.2) is 11.5 Å². The second kappa shape index (κ2) is 8.12. The molecule has 0 aliphatic carbocycles. The lowest BCUT2D eigenvalue weighted by molar-refractivity contribution is -0.135. The van der Waals surface area contributed by atoms with E-state index in [1.54, 1.807) is 19.1 Å². The van der Waals surface area contributed by atoms with Crippen LogP contribution < -0.4 is 9.47 Å². The fraction of sp³-hybridized carbons (Fsp3) is 0.381. The third-order valence-corrected chi connectivity index (χ3v) is 5.23. The number of methoxy groups -OCH3 is 2. The second-order valence-electron chi connectivity index (χ2n) is 6.93. The summed E-state index contributed by atoms with van der Waals surface area (Å²) in [7, 11) is 5.06. The van der Waals surface area contributed by atoms with Crippen LogP contribution in [0.15, 0.2) is 40.9 Å². The Bertz CT molecular complexity index is 785. The van der Waals surface area contributed by atoms with Crippen molar-refractivity contribution in [2.24, 2.45) is 0 Å². The van der Waals surface area contributed by atoms with Gasteiger partial charge < -0.3 is 14.4 Å². The molecule has 0 bridgehead atoms. The summed E-state index contributed by atoms with van der Waals surface area (Å²) in [6, 6.07) is 11.8. The van der Waals surface area contributed by atoms with Crippen molar-refractivity contribution in [1.29, 1.82) is 0 Å². The van der Waals surface area contributed by atoms with E-state index < -0.39 is 5.41 Å². The van der Waals surface area contributed by atoms with Crippen molar-refractivity contribution < 1.29 is 14.3 Å². The van der Waals surface area contributed by atoms with Crippen LogP contribution in [0.1, 0.15) is 30.5 Å². The van der Waals surface area contributed by atoms with E-state index in [9.17, 15) is 4.79 Å². The van der Waals surface area contributed by atoms with E-state index in [0.717, 1.165) is 21.2 Å². The highest BCUT2D eigenvalue weighted by molar-refractivity contribution is 9.10. The number of benzene rings is 2. The molecule has 0 aliphatic rings. The summed E-state index contributed by atoms with van der Waals surface area (Å²) in [5.41, 5.74) is 2.47. The quantitative estimate of drug-likeness (QED) is 0.680. The molecule has 2 aromatic rings. The average Bonchev–Trinajstić information content (AvgIpc) is 2.62. The third-order valence-electron chi connectivity index (χ3n) is 4.70. The van der Waals surface area contributed by atoms with Crippen LogP contribution in [0.5, 0.6) is 11.5 Å². The van der Waals surface area contributed by atoms with Gasteiger partial charge in [0.05, 0.1) is 19.6 Å². The zero-order chi connectivity index (χ0) is 19.5. The zero-order valence-electron chi connectivity index (χ0n) is 16.2. The van der Waals surface area contributed by atoms with Crippen molar-refractivity contribution in [3.63, 3.8) is 0 Å². The predicted molar refractivity (Wildman–Crippen MR) is 108 cm³/mol. The van der Waals surface area contributed by atoms with E-state index in [-0.39, 0.29) is 5.91 Å². The number of carbonyl (C=O) groups is 1. The number of likely N-dealkylation sites (N-methyl/N-ethyl adjacent to an activating group) is 1. The van der Waals surface area contributed by atoms with Crippen LogP contribution in [0.25, 0.3) is 0 Å². The zero-order valence-corrected chi connectivity index (χ0v) is 17.8. The van der Waals surface area contributed by atoms with E-state index in [1.807, 2.05) is 64.2 Å². The fourth-order valence-electron chi connectivity index (χ4n) is 2.99. The van der Waals surface area contributed by atoms with Crippen molar-refractivity contribution in [2.75, 3.05) is 21.3 Å². The van der Waals surface area contributed by atoms with Gasteiger partial charge in [0.25, 0.3) is 0 Å². The van der Waals surface area contributed by atoms with Crippen LogP contribution >= 0.6 is 15.9 Å². The Morgan fingerprint density at radius 1 is 1.08 bits per heavy atom. The van der Waals surface area contributed by atoms with Crippen molar-refractivity contribution in [2.45, 2.75) is 32.7 Å². The lowest BCUT2D eigenvalue weighted by Crippen LogP contribution is -2.41. The minimum Gasteiger partial charge on any atom is -0.493 e. The molecule has 0 fully saturated rings. The molecule has 140 valence electrons. The number of hydrogen-bond acceptors (Lipinski definition) is 3. The number of carbonyl (C=O) groups excluding carboxylic acids is 1. The first kappa shape index (κ1) is 20.3. The maximum atomic E-state index is 13.1. The molecule has 0 aliphatic heterocycles. The lowest BCUT2D eigenvalue weighted by atomic mass is 9.83. The van der Waals surface area contributed by atoms with Gasteiger partial charge in [-0.2, -0.15) is 0 Å². The van der Waals surface area contributed by atoms with Gasteiger partial charge in [0.2, 0.25) is 5.91 Å². The Morgan fingerprint density at radius 2 is 1.62 bits per heavy atom. The number of nitrogens with zero attached hydrogens (tertiary/aromatic N) is 1. The Morgan fingerprint density at radius 3 is 2.15 bits per heavy atom. The van der Waals surface area contributed by atoms with Gasteiger partial charge in [-0.15, -0.1) is 0 Å². The summed E-state index contributed by atoms with van der Waals surface area (Å²) in [6.07, 6.45) is 0. The first-order valence-corrected chi connectivity index (χ1v) is 9.23. The van der Waals surface area contributed by atoms with Gasteiger partial charge in [-0.1, -0.05) is 28.1 Å². The molecular weight excluding hydrogens is 394 g/mol. The SMILES string of the molecule is COc1cc(C)c(CN(C)C(=O)C(C)(C)c2ccc(Br)cc2)cc1OC. The number of hydrogen-bond donors (Lipinski definition) is 0. The van der Waals surface area contributed by atoms with Gasteiger partial charge in [-0.25, -0.2) is 0 Å². The highest BCUT2D eigenvalue weighted by atomic mass is 79.9. The van der Waals surface area contributed by atoms with Crippen LogP contribution in [0.2, 0.25) is 0 Å². The van der Waals surface area contributed by atoms with E-state index in [4.69, 9.17) is 9.47 Å². The van der Waals surface area contributed by atoms with Crippen molar-refractivity contribution in [3.8, 4) is 11.5 Å². The molecule has 26 heavy (non-hydrogen) atoms. The number of halogens is 1. The van der Waals surface area contributed by atoms with E-state index in [2.05, 4.69) is 15.9 Å². The molecule has 0 radical (unpaired) electrons. The van der Waals surface area contributed by atoms with Gasteiger partial charge in [-0.05, 0) is 61.7 Å². The number of aryl methyl sites for hydroxylation is 1. The molecule has 4 nitrogen and oxygen atoms in total. The molecule has 0 atom stereocenters. The Hall–Kier alpha value is -2.01. The summed E-state index contributed by atoms with van der Waals surface area (Å²) < 4.78 is 11.7. The predicted octanol–water partition coefficient (Wildman–Crippen LogP) is 4.71. The molecule has 2 aromatic carbocycles. The lowest BCUT2D eigenvalue weighted by Gasteiger charge is -2.30. The van der Waals surface area contributed by atoms with Crippen LogP contribution in [0.4, 0.5) is 0 Å². The summed E-state index contributed by atoms with van der Waals surface area (Å²) in [5, 5.41) is 0. The molecule has 1 amide bonds. The largest absolute Gasteiger partial charge is 0.493 e. The highest BCUT2D eigenvalue weighted by Crippen LogP contribution is 2.32. The van der Waals surface area contributed by atoms with Crippen molar-refractivity contribution >= 4 is 21.8 Å². The average molecular weight is 420 g/mol. The smallest absolute Gasteiger partial charge is 0.232 e. The topological polar surface area (TPSA) is 38.8 Å². The molecular formula is C21H26BrNO3. The number of ether oxygens (including phenoxy) is 2. The van der Waals surface area contributed by atoms with E-state index >= 15 is 0 Å². The maximum Gasteiger partial charge on any atom is 0.232 e. The summed E-state index contributed by atoms with van der Waals surface area (Å²) >= 11 is 3.44. The van der Waals surface area contributed by atoms with Crippen LogP contribution in [-0.4, -0.2) is 32.1 Å². The first-order valence-electron chi connectivity index (χ1n) is 8.43. The highest BCUT2D eigenvalue weighted by Gasteiger charge is 2.32. The third kappa shape index (κ3) is 4.21. The fourth-order valence-corrected chi connectivity index (χ4v) is 3.25.